The molecule has 0 rings (SSSR count). The van der Waals surface area contributed by atoms with E-state index in [1.54, 1.807) is 12.5 Å². The van der Waals surface area contributed by atoms with Crippen LogP contribution in [0.15, 0.2) is 0 Å². The fourth-order valence-corrected chi connectivity index (χ4v) is 0.234. The largest absolute Gasteiger partial charge is 0.480 e. The Bertz CT molecular complexity index is 136. The number of rotatable bonds is 2. The molecule has 0 fully saturated rings. The van der Waals surface area contributed by atoms with Crippen LogP contribution in [0.2, 0.25) is 0 Å². The maximum absolute atomic E-state index is 9.76. The number of thiol groups is 1. The first-order valence-electron chi connectivity index (χ1n) is 2.76. The van der Waals surface area contributed by atoms with Gasteiger partial charge in [-0.3, -0.25) is 9.00 Å². The molecule has 0 aromatic carbocycles. The Labute approximate surface area is 74.0 Å². The van der Waals surface area contributed by atoms with Crippen molar-refractivity contribution in [3.63, 3.8) is 0 Å². The summed E-state index contributed by atoms with van der Waals surface area (Å²) in [4.78, 5) is 9.76. The molecule has 1 atom stereocenters. The molecule has 1 unspecified atom stereocenters. The van der Waals surface area contributed by atoms with E-state index in [0.29, 0.717) is 0 Å². The van der Waals surface area contributed by atoms with Crippen LogP contribution in [0.25, 0.3) is 0 Å². The van der Waals surface area contributed by atoms with E-state index in [-0.39, 0.29) is 5.75 Å². The van der Waals surface area contributed by atoms with E-state index >= 15 is 0 Å². The fourth-order valence-electron chi connectivity index (χ4n) is 0.0781. The molecule has 0 aromatic rings. The van der Waals surface area contributed by atoms with Crippen LogP contribution in [-0.4, -0.2) is 39.6 Å². The smallest absolute Gasteiger partial charge is 0.321 e. The lowest BCUT2D eigenvalue weighted by molar-refractivity contribution is -0.137. The van der Waals surface area contributed by atoms with E-state index in [1.807, 2.05) is 0 Å². The predicted octanol–water partition coefficient (Wildman–Crippen LogP) is -0.677. The quantitative estimate of drug-likeness (QED) is 0.515. The number of carboxylic acid groups (broad SMARTS) is 1. The standard InChI is InChI=1S/C3H7NO2S.C2H6OS/c4-2(1-7)3(5)6;1-4(2)3/h2,7H,1,4H2,(H,5,6);1-2H3. The Morgan fingerprint density at radius 2 is 2.00 bits per heavy atom. The molecule has 0 bridgehead atoms. The van der Waals surface area contributed by atoms with Crippen LogP contribution in [0.3, 0.4) is 0 Å². The molecule has 0 radical (unpaired) electrons. The van der Waals surface area contributed by atoms with E-state index in [2.05, 4.69) is 12.6 Å². The number of nitrogens with two attached hydrogens (primary N) is 1. The molecule has 11 heavy (non-hydrogen) atoms. The minimum absolute atomic E-state index is 0.190. The number of hydrogen-bond acceptors (Lipinski definition) is 4. The van der Waals surface area contributed by atoms with Crippen molar-refractivity contribution >= 4 is 29.4 Å². The third kappa shape index (κ3) is 17.8. The van der Waals surface area contributed by atoms with E-state index in [4.69, 9.17) is 10.8 Å². The first-order valence-corrected chi connectivity index (χ1v) is 5.36. The Balaban J connectivity index is 0. The summed E-state index contributed by atoms with van der Waals surface area (Å²) in [6.07, 6.45) is 3.28. The fraction of sp³-hybridized carbons (Fsp3) is 0.800. The zero-order valence-electron chi connectivity index (χ0n) is 6.48. The van der Waals surface area contributed by atoms with Gasteiger partial charge in [-0.1, -0.05) is 0 Å². The number of carboxylic acids is 1. The van der Waals surface area contributed by atoms with E-state index in [1.165, 1.54) is 0 Å². The highest BCUT2D eigenvalue weighted by Crippen LogP contribution is 1.80. The van der Waals surface area contributed by atoms with Gasteiger partial charge in [0.05, 0.1) is 0 Å². The van der Waals surface area contributed by atoms with Gasteiger partial charge in [-0.05, 0) is 0 Å². The van der Waals surface area contributed by atoms with Gasteiger partial charge >= 0.3 is 5.97 Å². The Morgan fingerprint density at radius 1 is 1.73 bits per heavy atom. The van der Waals surface area contributed by atoms with Crippen molar-refractivity contribution in [1.29, 1.82) is 0 Å². The SMILES string of the molecule is CS(C)=O.NC(CS)C(=O)O. The molecule has 0 saturated carbocycles. The average molecular weight is 199 g/mol. The molecule has 68 valence electrons. The van der Waals surface area contributed by atoms with E-state index in [0.717, 1.165) is 0 Å². The Kier molecular flexibility index (Phi) is 9.87. The molecule has 0 aromatic heterocycles. The lowest BCUT2D eigenvalue weighted by atomic mass is 10.4. The molecule has 0 aliphatic heterocycles. The van der Waals surface area contributed by atoms with Crippen LogP contribution in [0.1, 0.15) is 0 Å². The molecule has 4 nitrogen and oxygen atoms in total. The number of hydrogen-bond donors (Lipinski definition) is 3. The lowest BCUT2D eigenvalue weighted by Gasteiger charge is -1.96. The van der Waals surface area contributed by atoms with Gasteiger partial charge in [-0.15, -0.1) is 0 Å². The van der Waals surface area contributed by atoms with Gasteiger partial charge in [0.15, 0.2) is 0 Å². The van der Waals surface area contributed by atoms with Crippen LogP contribution in [0.5, 0.6) is 0 Å². The average Bonchev–Trinajstić information content (AvgIpc) is 1.85. The monoisotopic (exact) mass is 199 g/mol. The Morgan fingerprint density at radius 3 is 2.00 bits per heavy atom. The van der Waals surface area contributed by atoms with Crippen LogP contribution in [-0.2, 0) is 15.6 Å². The molecule has 3 N–H and O–H groups in total. The predicted molar refractivity (Wildman–Crippen MR) is 49.5 cm³/mol. The summed E-state index contributed by atoms with van der Waals surface area (Å²) >= 11 is 3.65. The topological polar surface area (TPSA) is 80.4 Å². The second-order valence-corrected chi connectivity index (χ2v) is 3.72. The highest BCUT2D eigenvalue weighted by molar-refractivity contribution is 7.83. The summed E-state index contributed by atoms with van der Waals surface area (Å²) in [5.74, 6) is -0.815. The molecule has 0 amide bonds. The van der Waals surface area contributed by atoms with Gasteiger partial charge in [-0.25, -0.2) is 0 Å². The summed E-state index contributed by atoms with van der Waals surface area (Å²) in [5, 5.41) is 8.01. The van der Waals surface area contributed by atoms with Crippen molar-refractivity contribution in [3.8, 4) is 0 Å². The minimum Gasteiger partial charge on any atom is -0.480 e. The highest BCUT2D eigenvalue weighted by atomic mass is 32.2. The van der Waals surface area contributed by atoms with Crippen molar-refractivity contribution in [2.75, 3.05) is 18.3 Å². The molecular formula is C5H13NO3S2. The first-order chi connectivity index (χ1) is 4.91. The van der Waals surface area contributed by atoms with Gasteiger partial charge in [0.25, 0.3) is 0 Å². The number of carbonyl (C=O) groups is 1. The lowest BCUT2D eigenvalue weighted by Crippen LogP contribution is -2.31. The van der Waals surface area contributed by atoms with Gasteiger partial charge < -0.3 is 10.8 Å². The zero-order valence-corrected chi connectivity index (χ0v) is 8.19. The maximum Gasteiger partial charge on any atom is 0.321 e. The summed E-state index contributed by atoms with van der Waals surface area (Å²) in [6, 6.07) is -0.816. The third-order valence-electron chi connectivity index (χ3n) is 0.514. The maximum atomic E-state index is 9.76. The summed E-state index contributed by atoms with van der Waals surface area (Å²) in [7, 11) is -0.611. The van der Waals surface area contributed by atoms with Crippen LogP contribution < -0.4 is 5.73 Å². The van der Waals surface area contributed by atoms with E-state index < -0.39 is 22.8 Å². The van der Waals surface area contributed by atoms with Crippen molar-refractivity contribution < 1.29 is 14.1 Å². The first kappa shape index (κ1) is 13.5. The van der Waals surface area contributed by atoms with Crippen molar-refractivity contribution in [1.82, 2.24) is 0 Å². The summed E-state index contributed by atoms with van der Waals surface area (Å²) < 4.78 is 9.56. The number of aliphatic carboxylic acids is 1. The molecule has 0 aliphatic rings. The zero-order chi connectivity index (χ0) is 9.44. The van der Waals surface area contributed by atoms with Crippen LogP contribution >= 0.6 is 12.6 Å². The summed E-state index contributed by atoms with van der Waals surface area (Å²) in [5.41, 5.74) is 4.94. The molecule has 0 saturated heterocycles. The molecule has 6 heteroatoms. The molecule has 0 heterocycles. The molecular weight excluding hydrogens is 186 g/mol. The van der Waals surface area contributed by atoms with Crippen LogP contribution in [0.4, 0.5) is 0 Å². The van der Waals surface area contributed by atoms with Gasteiger partial charge in [0.2, 0.25) is 0 Å². The Hall–Kier alpha value is -0.0700. The molecule has 0 aliphatic carbocycles. The van der Waals surface area contributed by atoms with Gasteiger partial charge in [-0.2, -0.15) is 12.6 Å². The van der Waals surface area contributed by atoms with Crippen molar-refractivity contribution in [3.05, 3.63) is 0 Å². The second-order valence-electron chi connectivity index (χ2n) is 1.87. The summed E-state index contributed by atoms with van der Waals surface area (Å²) in [6.45, 7) is 0. The third-order valence-corrected chi connectivity index (χ3v) is 0.907. The van der Waals surface area contributed by atoms with Gasteiger partial charge in [0.1, 0.15) is 6.04 Å². The second kappa shape index (κ2) is 8.03. The molecule has 0 spiro atoms. The highest BCUT2D eigenvalue weighted by Gasteiger charge is 2.06. The van der Waals surface area contributed by atoms with E-state index in [9.17, 15) is 9.00 Å². The minimum atomic E-state index is -1.00. The van der Waals surface area contributed by atoms with Crippen molar-refractivity contribution in [2.24, 2.45) is 5.73 Å². The normalized spacial score (nSPS) is 11.7. The van der Waals surface area contributed by atoms with Crippen LogP contribution in [0, 0.1) is 0 Å². The van der Waals surface area contributed by atoms with Crippen molar-refractivity contribution in [2.45, 2.75) is 6.04 Å². The van der Waals surface area contributed by atoms with Gasteiger partial charge in [0, 0.05) is 29.1 Å².